The predicted molar refractivity (Wildman–Crippen MR) is 66.9 cm³/mol. The lowest BCUT2D eigenvalue weighted by Gasteiger charge is -2.40. The maximum atomic E-state index is 11.6. The number of nitrogens with one attached hydrogen (secondary N) is 1. The van der Waals surface area contributed by atoms with Gasteiger partial charge in [0.2, 0.25) is 0 Å². The predicted octanol–water partition coefficient (Wildman–Crippen LogP) is 1.88. The van der Waals surface area contributed by atoms with E-state index in [2.05, 4.69) is 12.2 Å². The lowest BCUT2D eigenvalue weighted by atomic mass is 9.82. The summed E-state index contributed by atoms with van der Waals surface area (Å²) in [4.78, 5) is 11.6. The Morgan fingerprint density at radius 2 is 2.29 bits per heavy atom. The highest BCUT2D eigenvalue weighted by atomic mass is 16.5. The van der Waals surface area contributed by atoms with E-state index in [9.17, 15) is 4.79 Å². The molecule has 2 unspecified atom stereocenters. The van der Waals surface area contributed by atoms with Crippen molar-refractivity contribution < 1.29 is 14.3 Å². The molecule has 1 N–H and O–H groups in total. The first kappa shape index (κ1) is 14.5. The van der Waals surface area contributed by atoms with Crippen LogP contribution in [0.2, 0.25) is 0 Å². The summed E-state index contributed by atoms with van der Waals surface area (Å²) in [7, 11) is 1.92. The van der Waals surface area contributed by atoms with Crippen LogP contribution in [0, 0.1) is 0 Å². The van der Waals surface area contributed by atoms with Crippen molar-refractivity contribution in [2.75, 3.05) is 20.3 Å². The summed E-state index contributed by atoms with van der Waals surface area (Å²) in [6.45, 7) is 5.18. The maximum Gasteiger partial charge on any atom is 0.307 e. The topological polar surface area (TPSA) is 47.6 Å². The van der Waals surface area contributed by atoms with Gasteiger partial charge in [-0.15, -0.1) is 0 Å². The highest BCUT2D eigenvalue weighted by Crippen LogP contribution is 2.30. The molecule has 1 aliphatic rings. The number of hydrogen-bond donors (Lipinski definition) is 1. The van der Waals surface area contributed by atoms with E-state index in [0.717, 1.165) is 32.3 Å². The zero-order chi connectivity index (χ0) is 12.7. The van der Waals surface area contributed by atoms with Gasteiger partial charge in [-0.25, -0.2) is 0 Å². The Morgan fingerprint density at radius 1 is 1.53 bits per heavy atom. The van der Waals surface area contributed by atoms with Crippen molar-refractivity contribution >= 4 is 5.97 Å². The first-order valence-electron chi connectivity index (χ1n) is 6.62. The minimum absolute atomic E-state index is 0.112. The molecule has 1 fully saturated rings. The molecule has 0 aromatic rings. The summed E-state index contributed by atoms with van der Waals surface area (Å²) in [5, 5.41) is 3.31. The van der Waals surface area contributed by atoms with E-state index < -0.39 is 0 Å². The van der Waals surface area contributed by atoms with Crippen LogP contribution in [0.3, 0.4) is 0 Å². The van der Waals surface area contributed by atoms with Gasteiger partial charge in [-0.05, 0) is 33.2 Å². The minimum atomic E-state index is -0.135. The minimum Gasteiger partial charge on any atom is -0.466 e. The smallest absolute Gasteiger partial charge is 0.307 e. The standard InChI is InChI=1S/C13H25NO3/c1-4-6-11-9-13(14-3,7-8-17-11)10-12(15)16-5-2/h11,14H,4-10H2,1-3H3. The summed E-state index contributed by atoms with van der Waals surface area (Å²) in [5.41, 5.74) is -0.135. The molecule has 1 saturated heterocycles. The molecule has 100 valence electrons. The number of carbonyl (C=O) groups is 1. The molecule has 1 rings (SSSR count). The molecule has 4 heteroatoms. The third-order valence-corrected chi connectivity index (χ3v) is 3.48. The third kappa shape index (κ3) is 4.28. The highest BCUT2D eigenvalue weighted by molar-refractivity contribution is 5.71. The fourth-order valence-electron chi connectivity index (χ4n) is 2.49. The summed E-state index contributed by atoms with van der Waals surface area (Å²) in [5.74, 6) is -0.112. The quantitative estimate of drug-likeness (QED) is 0.724. The van der Waals surface area contributed by atoms with Crippen LogP contribution < -0.4 is 5.32 Å². The van der Waals surface area contributed by atoms with Crippen molar-refractivity contribution in [2.24, 2.45) is 0 Å². The Hall–Kier alpha value is -0.610. The number of hydrogen-bond acceptors (Lipinski definition) is 4. The van der Waals surface area contributed by atoms with Crippen molar-refractivity contribution in [1.82, 2.24) is 5.32 Å². The van der Waals surface area contributed by atoms with E-state index >= 15 is 0 Å². The van der Waals surface area contributed by atoms with Gasteiger partial charge in [0.1, 0.15) is 0 Å². The second-order valence-corrected chi connectivity index (χ2v) is 4.75. The van der Waals surface area contributed by atoms with Crippen molar-refractivity contribution in [1.29, 1.82) is 0 Å². The van der Waals surface area contributed by atoms with Gasteiger partial charge >= 0.3 is 5.97 Å². The largest absolute Gasteiger partial charge is 0.466 e. The summed E-state index contributed by atoms with van der Waals surface area (Å²) < 4.78 is 10.8. The lowest BCUT2D eigenvalue weighted by molar-refractivity contribution is -0.146. The van der Waals surface area contributed by atoms with Crippen molar-refractivity contribution in [2.45, 2.75) is 57.6 Å². The molecular formula is C13H25NO3. The van der Waals surface area contributed by atoms with Crippen LogP contribution in [0.25, 0.3) is 0 Å². The van der Waals surface area contributed by atoms with E-state index in [0.29, 0.717) is 13.0 Å². The summed E-state index contributed by atoms with van der Waals surface area (Å²) in [6.07, 6.45) is 4.67. The second kappa shape index (κ2) is 6.97. The van der Waals surface area contributed by atoms with Crippen molar-refractivity contribution in [3.8, 4) is 0 Å². The molecule has 0 bridgehead atoms. The Bertz CT molecular complexity index is 243. The van der Waals surface area contributed by atoms with Crippen LogP contribution in [0.1, 0.15) is 46.0 Å². The van der Waals surface area contributed by atoms with E-state index in [1.165, 1.54) is 0 Å². The molecule has 0 aliphatic carbocycles. The fraction of sp³-hybridized carbons (Fsp3) is 0.923. The SMILES string of the molecule is CCCC1CC(CC(=O)OCC)(NC)CCO1. The molecule has 17 heavy (non-hydrogen) atoms. The first-order valence-corrected chi connectivity index (χ1v) is 6.62. The molecule has 4 nitrogen and oxygen atoms in total. The van der Waals surface area contributed by atoms with Crippen LogP contribution in [-0.2, 0) is 14.3 Å². The third-order valence-electron chi connectivity index (χ3n) is 3.48. The molecule has 0 radical (unpaired) electrons. The normalized spacial score (nSPS) is 29.0. The summed E-state index contributed by atoms with van der Waals surface area (Å²) >= 11 is 0. The molecule has 0 spiro atoms. The van der Waals surface area contributed by atoms with Crippen LogP contribution in [0.15, 0.2) is 0 Å². The van der Waals surface area contributed by atoms with E-state index in [4.69, 9.17) is 9.47 Å². The monoisotopic (exact) mass is 243 g/mol. The molecule has 1 heterocycles. The van der Waals surface area contributed by atoms with Gasteiger partial charge in [-0.2, -0.15) is 0 Å². The lowest BCUT2D eigenvalue weighted by Crippen LogP contribution is -2.51. The molecule has 0 amide bonds. The van der Waals surface area contributed by atoms with E-state index in [-0.39, 0.29) is 17.6 Å². The van der Waals surface area contributed by atoms with E-state index in [1.54, 1.807) is 0 Å². The number of esters is 1. The van der Waals surface area contributed by atoms with Gasteiger partial charge in [0.25, 0.3) is 0 Å². The number of carbonyl (C=O) groups excluding carboxylic acids is 1. The molecule has 2 atom stereocenters. The van der Waals surface area contributed by atoms with Gasteiger partial charge in [0.15, 0.2) is 0 Å². The Labute approximate surface area is 104 Å². The molecule has 0 aromatic heterocycles. The second-order valence-electron chi connectivity index (χ2n) is 4.75. The average molecular weight is 243 g/mol. The average Bonchev–Trinajstić information content (AvgIpc) is 2.30. The van der Waals surface area contributed by atoms with E-state index in [1.807, 2.05) is 14.0 Å². The van der Waals surface area contributed by atoms with Gasteiger partial charge in [-0.1, -0.05) is 13.3 Å². The molecule has 0 saturated carbocycles. The van der Waals surface area contributed by atoms with Crippen LogP contribution in [0.4, 0.5) is 0 Å². The maximum absolute atomic E-state index is 11.6. The van der Waals surface area contributed by atoms with Crippen LogP contribution in [0.5, 0.6) is 0 Å². The Kier molecular flexibility index (Phi) is 5.92. The first-order chi connectivity index (χ1) is 8.15. The highest BCUT2D eigenvalue weighted by Gasteiger charge is 2.37. The molecular weight excluding hydrogens is 218 g/mol. The summed E-state index contributed by atoms with van der Waals surface area (Å²) in [6, 6.07) is 0. The van der Waals surface area contributed by atoms with Crippen molar-refractivity contribution in [3.05, 3.63) is 0 Å². The van der Waals surface area contributed by atoms with Gasteiger partial charge in [0.05, 0.1) is 19.1 Å². The molecule has 1 aliphatic heterocycles. The number of ether oxygens (including phenoxy) is 2. The fourth-order valence-corrected chi connectivity index (χ4v) is 2.49. The zero-order valence-electron chi connectivity index (χ0n) is 11.3. The van der Waals surface area contributed by atoms with Gasteiger partial charge < -0.3 is 14.8 Å². The van der Waals surface area contributed by atoms with Crippen LogP contribution >= 0.6 is 0 Å². The Balaban J connectivity index is 2.57. The van der Waals surface area contributed by atoms with Gasteiger partial charge in [-0.3, -0.25) is 4.79 Å². The number of rotatable bonds is 6. The molecule has 0 aromatic carbocycles. The van der Waals surface area contributed by atoms with Crippen LogP contribution in [-0.4, -0.2) is 37.9 Å². The van der Waals surface area contributed by atoms with Crippen molar-refractivity contribution in [3.63, 3.8) is 0 Å². The zero-order valence-corrected chi connectivity index (χ0v) is 11.3. The van der Waals surface area contributed by atoms with Gasteiger partial charge in [0, 0.05) is 12.1 Å². The Morgan fingerprint density at radius 3 is 2.88 bits per heavy atom.